The molecule has 0 radical (unpaired) electrons. The second-order valence-electron chi connectivity index (χ2n) is 5.47. The number of ether oxygens (including phenoxy) is 1. The maximum atomic E-state index is 14.1. The number of rotatable bonds is 3. The van der Waals surface area contributed by atoms with Gasteiger partial charge in [-0.15, -0.1) is 0 Å². The number of halogens is 1. The standard InChI is InChI=1S/C14H20FNO3S/c1-19-12-9-13(20(2,17)18)11(15)8-10(12)14(16)6-4-3-5-7-14/h8-9H,3-7,16H2,1-2H3. The monoisotopic (exact) mass is 301 g/mol. The van der Waals surface area contributed by atoms with Crippen molar-refractivity contribution >= 4 is 9.84 Å². The third kappa shape index (κ3) is 2.81. The van der Waals surface area contributed by atoms with Crippen molar-refractivity contribution in [2.24, 2.45) is 5.73 Å². The molecule has 2 rings (SSSR count). The highest BCUT2D eigenvalue weighted by molar-refractivity contribution is 7.90. The smallest absolute Gasteiger partial charge is 0.178 e. The molecule has 1 aliphatic carbocycles. The van der Waals surface area contributed by atoms with Crippen molar-refractivity contribution in [2.45, 2.75) is 42.5 Å². The Morgan fingerprint density at radius 2 is 1.85 bits per heavy atom. The third-order valence-corrected chi connectivity index (χ3v) is 5.05. The summed E-state index contributed by atoms with van der Waals surface area (Å²) >= 11 is 0. The molecule has 2 N–H and O–H groups in total. The Balaban J connectivity index is 2.57. The van der Waals surface area contributed by atoms with Crippen LogP contribution in [0.2, 0.25) is 0 Å². The zero-order chi connectivity index (χ0) is 15.0. The summed E-state index contributed by atoms with van der Waals surface area (Å²) in [6.07, 6.45) is 5.56. The van der Waals surface area contributed by atoms with Crippen LogP contribution < -0.4 is 10.5 Å². The van der Waals surface area contributed by atoms with E-state index >= 15 is 0 Å². The summed E-state index contributed by atoms with van der Waals surface area (Å²) in [5.41, 5.74) is 6.31. The topological polar surface area (TPSA) is 69.4 Å². The Hall–Kier alpha value is -1.14. The van der Waals surface area contributed by atoms with Crippen molar-refractivity contribution in [2.75, 3.05) is 13.4 Å². The Morgan fingerprint density at radius 3 is 2.35 bits per heavy atom. The van der Waals surface area contributed by atoms with Gasteiger partial charge in [-0.2, -0.15) is 0 Å². The first kappa shape index (κ1) is 15.3. The normalized spacial score (nSPS) is 18.8. The first-order valence-electron chi connectivity index (χ1n) is 6.65. The zero-order valence-corrected chi connectivity index (χ0v) is 12.6. The molecule has 6 heteroatoms. The predicted octanol–water partition coefficient (Wildman–Crippen LogP) is 2.36. The maximum absolute atomic E-state index is 14.1. The number of benzene rings is 1. The zero-order valence-electron chi connectivity index (χ0n) is 11.8. The van der Waals surface area contributed by atoms with E-state index in [1.165, 1.54) is 19.2 Å². The van der Waals surface area contributed by atoms with Gasteiger partial charge in [0, 0.05) is 23.4 Å². The molecule has 0 heterocycles. The molecule has 0 bridgehead atoms. The number of nitrogens with two attached hydrogens (primary N) is 1. The molecule has 0 aliphatic heterocycles. The third-order valence-electron chi connectivity index (χ3n) is 3.94. The molecular weight excluding hydrogens is 281 g/mol. The number of hydrogen-bond donors (Lipinski definition) is 1. The van der Waals surface area contributed by atoms with E-state index < -0.39 is 21.2 Å². The molecule has 0 unspecified atom stereocenters. The Kier molecular flexibility index (Phi) is 4.07. The fourth-order valence-corrected chi connectivity index (χ4v) is 3.56. The minimum atomic E-state index is -3.63. The summed E-state index contributed by atoms with van der Waals surface area (Å²) in [7, 11) is -2.19. The van der Waals surface area contributed by atoms with Crippen LogP contribution in [0, 0.1) is 5.82 Å². The molecule has 0 saturated heterocycles. The van der Waals surface area contributed by atoms with E-state index in [-0.39, 0.29) is 4.90 Å². The predicted molar refractivity (Wildman–Crippen MR) is 75.0 cm³/mol. The lowest BCUT2D eigenvalue weighted by Crippen LogP contribution is -2.39. The van der Waals surface area contributed by atoms with Crippen LogP contribution in [-0.2, 0) is 15.4 Å². The van der Waals surface area contributed by atoms with Crippen molar-refractivity contribution in [3.05, 3.63) is 23.5 Å². The molecule has 0 atom stereocenters. The molecule has 1 aromatic carbocycles. The van der Waals surface area contributed by atoms with Crippen LogP contribution in [0.15, 0.2) is 17.0 Å². The van der Waals surface area contributed by atoms with Crippen molar-refractivity contribution in [1.29, 1.82) is 0 Å². The van der Waals surface area contributed by atoms with Crippen LogP contribution in [-0.4, -0.2) is 21.8 Å². The number of hydrogen-bond acceptors (Lipinski definition) is 4. The van der Waals surface area contributed by atoms with Gasteiger partial charge in [-0.25, -0.2) is 12.8 Å². The molecule has 112 valence electrons. The van der Waals surface area contributed by atoms with Crippen molar-refractivity contribution in [3.63, 3.8) is 0 Å². The first-order chi connectivity index (χ1) is 9.28. The van der Waals surface area contributed by atoms with Gasteiger partial charge < -0.3 is 10.5 Å². The molecule has 0 amide bonds. The molecule has 0 spiro atoms. The molecule has 1 fully saturated rings. The van der Waals surface area contributed by atoms with E-state index in [1.807, 2.05) is 0 Å². The van der Waals surface area contributed by atoms with Crippen molar-refractivity contribution in [3.8, 4) is 5.75 Å². The van der Waals surface area contributed by atoms with Crippen LogP contribution in [0.4, 0.5) is 4.39 Å². The molecule has 1 aliphatic rings. The lowest BCUT2D eigenvalue weighted by molar-refractivity contribution is 0.287. The summed E-state index contributed by atoms with van der Waals surface area (Å²) in [5.74, 6) is -0.421. The van der Waals surface area contributed by atoms with E-state index in [4.69, 9.17) is 10.5 Å². The lowest BCUT2D eigenvalue weighted by Gasteiger charge is -2.35. The van der Waals surface area contributed by atoms with E-state index in [0.29, 0.717) is 11.3 Å². The van der Waals surface area contributed by atoms with Gasteiger partial charge in [0.25, 0.3) is 0 Å². The molecule has 0 aromatic heterocycles. The average molecular weight is 301 g/mol. The minimum Gasteiger partial charge on any atom is -0.496 e. The second kappa shape index (κ2) is 5.33. The van der Waals surface area contributed by atoms with Gasteiger partial charge in [-0.05, 0) is 18.9 Å². The van der Waals surface area contributed by atoms with Gasteiger partial charge >= 0.3 is 0 Å². The van der Waals surface area contributed by atoms with Gasteiger partial charge in [0.15, 0.2) is 9.84 Å². The summed E-state index contributed by atoms with van der Waals surface area (Å²) in [4.78, 5) is -0.350. The van der Waals surface area contributed by atoms with Gasteiger partial charge in [-0.3, -0.25) is 0 Å². The van der Waals surface area contributed by atoms with Crippen LogP contribution in [0.25, 0.3) is 0 Å². The molecule has 1 aromatic rings. The summed E-state index contributed by atoms with van der Waals surface area (Å²) < 4.78 is 42.5. The Labute approximate surface area is 119 Å². The van der Waals surface area contributed by atoms with Gasteiger partial charge in [-0.1, -0.05) is 19.3 Å². The van der Waals surface area contributed by atoms with Crippen LogP contribution in [0.1, 0.15) is 37.7 Å². The largest absolute Gasteiger partial charge is 0.496 e. The number of methoxy groups -OCH3 is 1. The number of sulfone groups is 1. The van der Waals surface area contributed by atoms with E-state index in [9.17, 15) is 12.8 Å². The highest BCUT2D eigenvalue weighted by Gasteiger charge is 2.33. The maximum Gasteiger partial charge on any atom is 0.178 e. The summed E-state index contributed by atoms with van der Waals surface area (Å²) in [6.45, 7) is 0. The van der Waals surface area contributed by atoms with E-state index in [1.54, 1.807) is 0 Å². The van der Waals surface area contributed by atoms with Crippen molar-refractivity contribution < 1.29 is 17.5 Å². The fourth-order valence-electron chi connectivity index (χ4n) is 2.83. The van der Waals surface area contributed by atoms with Gasteiger partial charge in [0.05, 0.1) is 7.11 Å². The Bertz CT molecular complexity index is 607. The van der Waals surface area contributed by atoms with Crippen LogP contribution in [0.5, 0.6) is 5.75 Å². The molecular formula is C14H20FNO3S. The average Bonchev–Trinajstić information content (AvgIpc) is 2.38. The summed E-state index contributed by atoms with van der Waals surface area (Å²) in [5, 5.41) is 0. The minimum absolute atomic E-state index is 0.344. The summed E-state index contributed by atoms with van der Waals surface area (Å²) in [6, 6.07) is 2.46. The fraction of sp³-hybridized carbons (Fsp3) is 0.571. The van der Waals surface area contributed by atoms with Crippen LogP contribution >= 0.6 is 0 Å². The molecule has 20 heavy (non-hydrogen) atoms. The lowest BCUT2D eigenvalue weighted by atomic mass is 9.77. The van der Waals surface area contributed by atoms with Crippen molar-refractivity contribution in [1.82, 2.24) is 0 Å². The molecule has 1 saturated carbocycles. The molecule has 4 nitrogen and oxygen atoms in total. The van der Waals surface area contributed by atoms with Crippen LogP contribution in [0.3, 0.4) is 0 Å². The van der Waals surface area contributed by atoms with E-state index in [0.717, 1.165) is 38.4 Å². The second-order valence-corrected chi connectivity index (χ2v) is 7.46. The van der Waals surface area contributed by atoms with Gasteiger partial charge in [0.1, 0.15) is 16.5 Å². The Morgan fingerprint density at radius 1 is 1.25 bits per heavy atom. The SMILES string of the molecule is COc1cc(S(C)(=O)=O)c(F)cc1C1(N)CCCCC1. The van der Waals surface area contributed by atoms with E-state index in [2.05, 4.69) is 0 Å². The highest BCUT2D eigenvalue weighted by atomic mass is 32.2. The quantitative estimate of drug-likeness (QED) is 0.930. The highest BCUT2D eigenvalue weighted by Crippen LogP contribution is 2.40. The van der Waals surface area contributed by atoms with Gasteiger partial charge in [0.2, 0.25) is 0 Å². The first-order valence-corrected chi connectivity index (χ1v) is 8.54.